The van der Waals surface area contributed by atoms with Gasteiger partial charge in [0.05, 0.1) is 31.1 Å². The highest BCUT2D eigenvalue weighted by atomic mass is 19.4. The zero-order chi connectivity index (χ0) is 23.3. The maximum absolute atomic E-state index is 13.0. The fourth-order valence-electron chi connectivity index (χ4n) is 3.73. The number of ether oxygens (including phenoxy) is 2. The van der Waals surface area contributed by atoms with Crippen molar-refractivity contribution in [2.24, 2.45) is 5.92 Å². The molecule has 1 aliphatic heterocycles. The maximum Gasteiger partial charge on any atom is 0.416 e. The number of methoxy groups -OCH3 is 1. The first-order chi connectivity index (χ1) is 15.2. The molecule has 2 atom stereocenters. The molecule has 1 aliphatic rings. The van der Waals surface area contributed by atoms with Crippen molar-refractivity contribution in [3.63, 3.8) is 0 Å². The zero-order valence-corrected chi connectivity index (χ0v) is 17.3. The minimum atomic E-state index is -4.53. The number of hydrogen-bond acceptors (Lipinski definition) is 5. The van der Waals surface area contributed by atoms with Gasteiger partial charge in [-0.3, -0.25) is 14.5 Å². The lowest BCUT2D eigenvalue weighted by Crippen LogP contribution is -2.47. The largest absolute Gasteiger partial charge is 0.469 e. The van der Waals surface area contributed by atoms with E-state index in [4.69, 9.17) is 4.74 Å². The van der Waals surface area contributed by atoms with E-state index in [2.05, 4.69) is 4.74 Å². The Balaban J connectivity index is 1.90. The number of alkyl halides is 3. The molecule has 1 amide bonds. The molecule has 0 radical (unpaired) electrons. The van der Waals surface area contributed by atoms with E-state index in [0.29, 0.717) is 5.56 Å². The smallest absolute Gasteiger partial charge is 0.416 e. The summed E-state index contributed by atoms with van der Waals surface area (Å²) in [5, 5.41) is 0. The van der Waals surface area contributed by atoms with Gasteiger partial charge in [0, 0.05) is 13.0 Å². The molecule has 0 saturated carbocycles. The number of ketones is 1. The van der Waals surface area contributed by atoms with E-state index in [0.717, 1.165) is 17.7 Å². The van der Waals surface area contributed by atoms with E-state index >= 15 is 0 Å². The second-order valence-electron chi connectivity index (χ2n) is 7.40. The zero-order valence-electron chi connectivity index (χ0n) is 17.3. The molecule has 6 nitrogen and oxygen atoms in total. The normalized spacial score (nSPS) is 18.9. The molecule has 9 heteroatoms. The number of esters is 1. The van der Waals surface area contributed by atoms with Gasteiger partial charge in [0.2, 0.25) is 0 Å². The first-order valence-electron chi connectivity index (χ1n) is 9.94. The summed E-state index contributed by atoms with van der Waals surface area (Å²) >= 11 is 0. The van der Waals surface area contributed by atoms with Crippen LogP contribution in [0.2, 0.25) is 0 Å². The Morgan fingerprint density at radius 1 is 1.06 bits per heavy atom. The van der Waals surface area contributed by atoms with Crippen LogP contribution < -0.4 is 0 Å². The fraction of sp³-hybridized carbons (Fsp3) is 0.348. The van der Waals surface area contributed by atoms with E-state index in [1.54, 1.807) is 24.3 Å². The summed E-state index contributed by atoms with van der Waals surface area (Å²) in [6.07, 6.45) is -5.55. The van der Waals surface area contributed by atoms with Crippen LogP contribution in [0.4, 0.5) is 18.0 Å². The molecule has 32 heavy (non-hydrogen) atoms. The molecule has 0 aliphatic carbocycles. The summed E-state index contributed by atoms with van der Waals surface area (Å²) in [6, 6.07) is 12.2. The van der Waals surface area contributed by atoms with Crippen LogP contribution in [-0.4, -0.2) is 36.4 Å². The molecule has 0 unspecified atom stereocenters. The standard InChI is InChI=1S/C23H22F3NO5/c1-31-20(29)13-18-19(28)11-12-27(22(30)32-14-15-5-3-2-4-6-15)21(18)16-7-9-17(10-8-16)23(24,25)26/h2-10,18,21H,11-14H2,1H3/t18-,21+/m1/s1. The van der Waals surface area contributed by atoms with E-state index in [1.165, 1.54) is 24.1 Å². The molecular weight excluding hydrogens is 427 g/mol. The molecular formula is C23H22F3NO5. The minimum Gasteiger partial charge on any atom is -0.469 e. The predicted octanol–water partition coefficient (Wildman–Crippen LogP) is 4.54. The van der Waals surface area contributed by atoms with Gasteiger partial charge in [-0.05, 0) is 23.3 Å². The highest BCUT2D eigenvalue weighted by Crippen LogP contribution is 2.38. The third-order valence-electron chi connectivity index (χ3n) is 5.36. The van der Waals surface area contributed by atoms with Crippen molar-refractivity contribution in [3.05, 3.63) is 71.3 Å². The summed E-state index contributed by atoms with van der Waals surface area (Å²) < 4.78 is 49.0. The Hall–Kier alpha value is -3.36. The van der Waals surface area contributed by atoms with E-state index < -0.39 is 35.8 Å². The number of likely N-dealkylation sites (tertiary alicyclic amines) is 1. The molecule has 2 aromatic carbocycles. The first kappa shape index (κ1) is 23.3. The number of benzene rings is 2. The lowest BCUT2D eigenvalue weighted by Gasteiger charge is -2.39. The lowest BCUT2D eigenvalue weighted by atomic mass is 9.81. The van der Waals surface area contributed by atoms with E-state index in [1.807, 2.05) is 6.07 Å². The number of amides is 1. The molecule has 170 valence electrons. The summed E-state index contributed by atoms with van der Waals surface area (Å²) in [7, 11) is 1.18. The van der Waals surface area contributed by atoms with Crippen LogP contribution in [-0.2, 0) is 31.8 Å². The summed E-state index contributed by atoms with van der Waals surface area (Å²) in [4.78, 5) is 38.7. The first-order valence-corrected chi connectivity index (χ1v) is 9.94. The van der Waals surface area contributed by atoms with Gasteiger partial charge >= 0.3 is 18.2 Å². The second-order valence-corrected chi connectivity index (χ2v) is 7.40. The molecule has 0 bridgehead atoms. The number of piperidine rings is 1. The van der Waals surface area contributed by atoms with Crippen LogP contribution >= 0.6 is 0 Å². The van der Waals surface area contributed by atoms with Crippen LogP contribution in [0, 0.1) is 5.92 Å². The summed E-state index contributed by atoms with van der Waals surface area (Å²) in [5.74, 6) is -1.88. The monoisotopic (exact) mass is 449 g/mol. The highest BCUT2D eigenvalue weighted by molar-refractivity contribution is 5.88. The predicted molar refractivity (Wildman–Crippen MR) is 107 cm³/mol. The minimum absolute atomic E-state index is 0.000761. The number of halogens is 3. The van der Waals surface area contributed by atoms with Gasteiger partial charge in [-0.25, -0.2) is 4.79 Å². The molecule has 1 saturated heterocycles. The maximum atomic E-state index is 13.0. The lowest BCUT2D eigenvalue weighted by molar-refractivity contribution is -0.146. The SMILES string of the molecule is COC(=O)C[C@@H]1C(=O)CCN(C(=O)OCc2ccccc2)[C@H]1c1ccc(C(F)(F)F)cc1. The van der Waals surface area contributed by atoms with Gasteiger partial charge in [-0.1, -0.05) is 42.5 Å². The Bertz CT molecular complexity index is 960. The molecule has 2 aromatic rings. The molecule has 1 heterocycles. The molecule has 0 spiro atoms. The van der Waals surface area contributed by atoms with Gasteiger partial charge in [0.25, 0.3) is 0 Å². The van der Waals surface area contributed by atoms with Crippen molar-refractivity contribution in [3.8, 4) is 0 Å². The summed E-state index contributed by atoms with van der Waals surface area (Å²) in [5.41, 5.74) is 0.203. The molecule has 1 fully saturated rings. The number of carbonyl (C=O) groups excluding carboxylic acids is 3. The van der Waals surface area contributed by atoms with Crippen LogP contribution in [0.15, 0.2) is 54.6 Å². The van der Waals surface area contributed by atoms with Crippen molar-refractivity contribution < 1.29 is 37.0 Å². The third kappa shape index (κ3) is 5.46. The van der Waals surface area contributed by atoms with Crippen molar-refractivity contribution in [2.45, 2.75) is 31.7 Å². The van der Waals surface area contributed by atoms with Gasteiger partial charge in [-0.15, -0.1) is 0 Å². The van der Waals surface area contributed by atoms with E-state index in [-0.39, 0.29) is 31.8 Å². The van der Waals surface area contributed by atoms with Crippen LogP contribution in [0.25, 0.3) is 0 Å². The van der Waals surface area contributed by atoms with Gasteiger partial charge in [0.15, 0.2) is 0 Å². The number of rotatable bonds is 5. The van der Waals surface area contributed by atoms with Crippen molar-refractivity contribution in [1.29, 1.82) is 0 Å². The Morgan fingerprint density at radius 2 is 1.72 bits per heavy atom. The molecule has 0 N–H and O–H groups in total. The molecule has 0 aromatic heterocycles. The van der Waals surface area contributed by atoms with Gasteiger partial charge < -0.3 is 9.47 Å². The van der Waals surface area contributed by atoms with Crippen LogP contribution in [0.3, 0.4) is 0 Å². The third-order valence-corrected chi connectivity index (χ3v) is 5.36. The van der Waals surface area contributed by atoms with E-state index in [9.17, 15) is 27.6 Å². The number of nitrogens with zero attached hydrogens (tertiary/aromatic N) is 1. The van der Waals surface area contributed by atoms with Crippen molar-refractivity contribution in [2.75, 3.05) is 13.7 Å². The number of carbonyl (C=O) groups is 3. The van der Waals surface area contributed by atoms with Crippen molar-refractivity contribution in [1.82, 2.24) is 4.90 Å². The Kier molecular flexibility index (Phi) is 7.17. The average molecular weight is 449 g/mol. The number of hydrogen-bond donors (Lipinski definition) is 0. The molecule has 3 rings (SSSR count). The quantitative estimate of drug-likeness (QED) is 0.627. The Labute approximate surface area is 182 Å². The van der Waals surface area contributed by atoms with Gasteiger partial charge in [0.1, 0.15) is 12.4 Å². The Morgan fingerprint density at radius 3 is 2.31 bits per heavy atom. The highest BCUT2D eigenvalue weighted by Gasteiger charge is 2.42. The van der Waals surface area contributed by atoms with Crippen molar-refractivity contribution >= 4 is 17.8 Å². The summed E-state index contributed by atoms with van der Waals surface area (Å²) in [6.45, 7) is 0.0152. The van der Waals surface area contributed by atoms with Crippen LogP contribution in [0.1, 0.15) is 35.6 Å². The number of Topliss-reactive ketones (excluding diaryl/α,β-unsaturated/α-hetero) is 1. The van der Waals surface area contributed by atoms with Gasteiger partial charge in [-0.2, -0.15) is 13.2 Å². The topological polar surface area (TPSA) is 72.9 Å². The second kappa shape index (κ2) is 9.84. The van der Waals surface area contributed by atoms with Crippen LogP contribution in [0.5, 0.6) is 0 Å². The fourth-order valence-corrected chi connectivity index (χ4v) is 3.73. The average Bonchev–Trinajstić information content (AvgIpc) is 2.78.